The highest BCUT2D eigenvalue weighted by Gasteiger charge is 2.32. The summed E-state index contributed by atoms with van der Waals surface area (Å²) < 4.78 is 13.0. The number of halogens is 1. The molecule has 0 atom stereocenters. The maximum Gasteiger partial charge on any atom is 0.123 e. The number of allylic oxidation sites excluding steroid dienone is 7. The highest BCUT2D eigenvalue weighted by Crippen LogP contribution is 2.29. The van der Waals surface area contributed by atoms with E-state index in [1.165, 1.54) is 41.1 Å². The van der Waals surface area contributed by atoms with Crippen LogP contribution in [-0.4, -0.2) is 29.4 Å². The molecule has 2 nitrogen and oxygen atoms in total. The zero-order valence-electron chi connectivity index (χ0n) is 27.4. The molecule has 2 aromatic rings. The minimum atomic E-state index is -0.208. The summed E-state index contributed by atoms with van der Waals surface area (Å²) >= 11 is 4.38. The van der Waals surface area contributed by atoms with Gasteiger partial charge in [0, 0.05) is 24.4 Å². The van der Waals surface area contributed by atoms with Crippen LogP contribution in [0.15, 0.2) is 124 Å². The molecule has 43 heavy (non-hydrogen) atoms. The van der Waals surface area contributed by atoms with Crippen LogP contribution in [-0.2, 0) is 6.42 Å². The Kier molecular flexibility index (Phi) is 14.2. The molecule has 2 aliphatic heterocycles. The Balaban J connectivity index is 0.000000303. The molecule has 0 N–H and O–H groups in total. The summed E-state index contributed by atoms with van der Waals surface area (Å²) in [5, 5.41) is 0. The van der Waals surface area contributed by atoms with Crippen LogP contribution in [0.4, 0.5) is 4.39 Å². The van der Waals surface area contributed by atoms with E-state index in [0.29, 0.717) is 0 Å². The van der Waals surface area contributed by atoms with Gasteiger partial charge in [-0.25, -0.2) is 4.39 Å². The first-order valence-electron chi connectivity index (χ1n) is 15.2. The first-order chi connectivity index (χ1) is 20.3. The monoisotopic (exact) mass is 598 g/mol. The summed E-state index contributed by atoms with van der Waals surface area (Å²) in [7, 11) is 0. The second-order valence-corrected chi connectivity index (χ2v) is 12.6. The largest absolute Gasteiger partial charge is 0.354 e. The van der Waals surface area contributed by atoms with Gasteiger partial charge in [0.25, 0.3) is 0 Å². The minimum Gasteiger partial charge on any atom is -0.354 e. The molecule has 0 saturated carbocycles. The normalized spacial score (nSPS) is 16.3. The summed E-state index contributed by atoms with van der Waals surface area (Å²) in [6, 6.07) is 14.7. The second-order valence-electron chi connectivity index (χ2n) is 12.0. The predicted octanol–water partition coefficient (Wildman–Crippen LogP) is 11.0. The van der Waals surface area contributed by atoms with Crippen LogP contribution >= 0.6 is 12.6 Å². The van der Waals surface area contributed by atoms with E-state index in [2.05, 4.69) is 97.9 Å². The Morgan fingerprint density at radius 3 is 2.35 bits per heavy atom. The third-order valence-corrected chi connectivity index (χ3v) is 7.69. The average molecular weight is 599 g/mol. The maximum absolute atomic E-state index is 13.0. The van der Waals surface area contributed by atoms with Crippen LogP contribution in [0.25, 0.3) is 5.57 Å². The Hall–Kier alpha value is -3.37. The first kappa shape index (κ1) is 35.8. The van der Waals surface area contributed by atoms with E-state index in [1.54, 1.807) is 0 Å². The lowest BCUT2D eigenvalue weighted by molar-refractivity contribution is 0.394. The number of hydrogen-bond acceptors (Lipinski definition) is 3. The fraction of sp³-hybridized carbons (Fsp3) is 0.359. The molecule has 2 aromatic carbocycles. The maximum atomic E-state index is 13.0. The van der Waals surface area contributed by atoms with Gasteiger partial charge in [0.2, 0.25) is 0 Å². The van der Waals surface area contributed by atoms with Crippen molar-refractivity contribution in [2.45, 2.75) is 84.6 Å². The van der Waals surface area contributed by atoms with Crippen LogP contribution < -0.4 is 0 Å². The van der Waals surface area contributed by atoms with Crippen LogP contribution in [0.1, 0.15) is 78.9 Å². The number of fused-ring (bicyclic) bond motifs is 1. The van der Waals surface area contributed by atoms with Crippen molar-refractivity contribution >= 4 is 24.0 Å². The smallest absolute Gasteiger partial charge is 0.123 e. The van der Waals surface area contributed by atoms with E-state index < -0.39 is 0 Å². The van der Waals surface area contributed by atoms with Gasteiger partial charge in [-0.1, -0.05) is 88.1 Å². The molecule has 0 spiro atoms. The van der Waals surface area contributed by atoms with Crippen molar-refractivity contribution in [2.24, 2.45) is 4.99 Å². The first-order valence-corrected chi connectivity index (χ1v) is 15.7. The summed E-state index contributed by atoms with van der Waals surface area (Å²) in [6.07, 6.45) is 9.75. The summed E-state index contributed by atoms with van der Waals surface area (Å²) in [6.45, 7) is 29.4. The lowest BCUT2D eigenvalue weighted by Gasteiger charge is -2.21. The molecular weight excluding hydrogens is 548 g/mol. The third-order valence-electron chi connectivity index (χ3n) is 7.42. The highest BCUT2D eigenvalue weighted by molar-refractivity contribution is 7.80. The zero-order valence-corrected chi connectivity index (χ0v) is 28.3. The Morgan fingerprint density at radius 2 is 1.74 bits per heavy atom. The number of hydrogen-bond donors (Lipinski definition) is 1. The van der Waals surface area contributed by atoms with Crippen LogP contribution in [0.5, 0.6) is 0 Å². The summed E-state index contributed by atoms with van der Waals surface area (Å²) in [4.78, 5) is 8.12. The fourth-order valence-electron chi connectivity index (χ4n) is 4.83. The van der Waals surface area contributed by atoms with E-state index in [0.717, 1.165) is 65.1 Å². The number of rotatable bonds is 7. The number of amidine groups is 1. The molecule has 0 amide bonds. The van der Waals surface area contributed by atoms with Gasteiger partial charge >= 0.3 is 0 Å². The number of aryl methyl sites for hydroxylation is 1. The molecule has 0 radical (unpaired) electrons. The van der Waals surface area contributed by atoms with Crippen molar-refractivity contribution in [1.82, 2.24) is 4.90 Å². The average Bonchev–Trinajstić information content (AvgIpc) is 3.20. The molecule has 4 rings (SSSR count). The van der Waals surface area contributed by atoms with Gasteiger partial charge in [-0.2, -0.15) is 0 Å². The predicted molar refractivity (Wildman–Crippen MR) is 191 cm³/mol. The van der Waals surface area contributed by atoms with Crippen molar-refractivity contribution in [3.05, 3.63) is 131 Å². The molecule has 230 valence electrons. The highest BCUT2D eigenvalue weighted by atomic mass is 32.1. The van der Waals surface area contributed by atoms with Crippen LogP contribution in [0, 0.1) is 5.82 Å². The van der Waals surface area contributed by atoms with Crippen LogP contribution in [0.3, 0.4) is 0 Å². The van der Waals surface area contributed by atoms with Gasteiger partial charge in [-0.3, -0.25) is 4.99 Å². The number of nitrogens with zero attached hydrogens (tertiary/aromatic N) is 2. The van der Waals surface area contributed by atoms with Crippen LogP contribution in [0.2, 0.25) is 0 Å². The van der Waals surface area contributed by atoms with E-state index >= 15 is 0 Å². The summed E-state index contributed by atoms with van der Waals surface area (Å²) in [5.41, 5.74) is 9.55. The molecule has 0 bridgehead atoms. The van der Waals surface area contributed by atoms with E-state index in [-0.39, 0.29) is 11.4 Å². The minimum absolute atomic E-state index is 0.0845. The van der Waals surface area contributed by atoms with Gasteiger partial charge in [0.15, 0.2) is 0 Å². The van der Waals surface area contributed by atoms with Crippen molar-refractivity contribution in [2.75, 3.05) is 13.1 Å². The second kappa shape index (κ2) is 17.1. The van der Waals surface area contributed by atoms with Crippen molar-refractivity contribution in [1.29, 1.82) is 0 Å². The van der Waals surface area contributed by atoms with Gasteiger partial charge in [0.1, 0.15) is 11.7 Å². The SMILES string of the molecule is C=C/C(=C\C=C(/C)c1cccc(S)c1)C(=C)CCc1ccc(F)cc1.C=C1CC2=NC(C)(C)CN2CC(C)=C1C.CCC. The molecule has 0 unspecified atom stereocenters. The Bertz CT molecular complexity index is 1400. The topological polar surface area (TPSA) is 15.6 Å². The Labute approximate surface area is 266 Å². The molecule has 0 aliphatic carbocycles. The Morgan fingerprint density at radius 1 is 1.09 bits per heavy atom. The van der Waals surface area contributed by atoms with Crippen molar-refractivity contribution in [3.8, 4) is 0 Å². The number of thiol groups is 1. The third kappa shape index (κ3) is 11.7. The van der Waals surface area contributed by atoms with Crippen molar-refractivity contribution in [3.63, 3.8) is 0 Å². The molecule has 2 aliphatic rings. The van der Waals surface area contributed by atoms with Gasteiger partial charge in [-0.05, 0) is 111 Å². The summed E-state index contributed by atoms with van der Waals surface area (Å²) in [5.74, 6) is 1.02. The number of benzene rings is 2. The number of aliphatic imine (C=N–C) groups is 1. The lowest BCUT2D eigenvalue weighted by Crippen LogP contribution is -2.32. The molecule has 0 aromatic heterocycles. The zero-order chi connectivity index (χ0) is 32.2. The molecule has 0 saturated heterocycles. The van der Waals surface area contributed by atoms with Gasteiger partial charge in [-0.15, -0.1) is 12.6 Å². The molecule has 0 fully saturated rings. The van der Waals surface area contributed by atoms with Crippen molar-refractivity contribution < 1.29 is 4.39 Å². The molecule has 2 heterocycles. The van der Waals surface area contributed by atoms with E-state index in [4.69, 9.17) is 4.99 Å². The molecular formula is C39H51FN2S. The van der Waals surface area contributed by atoms with E-state index in [1.807, 2.05) is 42.5 Å². The quantitative estimate of drug-likeness (QED) is 0.248. The van der Waals surface area contributed by atoms with E-state index in [9.17, 15) is 4.39 Å². The standard InChI is InChI=1S/C23H23FS.C13H20N2.C3H8/c1-4-20(13-9-18(3)21-6-5-7-23(25)16-21)17(2)8-10-19-11-14-22(24)15-12-19;1-9-6-12-14-13(4,5)8-15(12)7-10(2)11(9)3;1-3-2/h4-7,9,11-16,25H,1-2,8,10H2,3H3;1,6-8H2,2-5H3;3H2,1-2H3/b18-9+,20-13+;;. The fourth-order valence-corrected chi connectivity index (χ4v) is 5.05. The van der Waals surface area contributed by atoms with Gasteiger partial charge < -0.3 is 4.90 Å². The lowest BCUT2D eigenvalue weighted by atomic mass is 9.98. The van der Waals surface area contributed by atoms with Gasteiger partial charge in [0.05, 0.1) is 5.54 Å². The molecule has 4 heteroatoms.